The summed E-state index contributed by atoms with van der Waals surface area (Å²) in [6, 6.07) is 18.4. The molecule has 0 unspecified atom stereocenters. The molecule has 4 aromatic rings. The second-order valence-electron chi connectivity index (χ2n) is 8.15. The van der Waals surface area contributed by atoms with E-state index in [4.69, 9.17) is 9.47 Å². The smallest absolute Gasteiger partial charge is 0.275 e. The van der Waals surface area contributed by atoms with Gasteiger partial charge in [-0.05, 0) is 24.3 Å². The molecule has 1 aliphatic heterocycles. The lowest BCUT2D eigenvalue weighted by Gasteiger charge is -2.34. The van der Waals surface area contributed by atoms with Crippen molar-refractivity contribution in [3.05, 3.63) is 76.7 Å². The predicted octanol–water partition coefficient (Wildman–Crippen LogP) is 2.55. The lowest BCUT2D eigenvalue weighted by Crippen LogP contribution is -2.49. The topological polar surface area (TPSA) is 89.3 Å². The monoisotopic (exact) mass is 491 g/mol. The maximum absolute atomic E-state index is 12.7. The van der Waals surface area contributed by atoms with Crippen LogP contribution in [0.2, 0.25) is 0 Å². The van der Waals surface area contributed by atoms with Gasteiger partial charge in [0.1, 0.15) is 11.5 Å². The van der Waals surface area contributed by atoms with Crippen LogP contribution in [0.5, 0.6) is 11.5 Å². The Morgan fingerprint density at radius 1 is 1.03 bits per heavy atom. The SMILES string of the molecule is COc1ccccc1-c1nn2c(=O)cc(CN3CCN(C(=O)COc4ccccc4)CC3)nc2s1. The highest BCUT2D eigenvalue weighted by Gasteiger charge is 2.22. The zero-order chi connectivity index (χ0) is 24.2. The summed E-state index contributed by atoms with van der Waals surface area (Å²) < 4.78 is 12.3. The van der Waals surface area contributed by atoms with E-state index < -0.39 is 0 Å². The highest BCUT2D eigenvalue weighted by molar-refractivity contribution is 7.19. The molecule has 0 aliphatic carbocycles. The summed E-state index contributed by atoms with van der Waals surface area (Å²) in [5.41, 5.74) is 1.30. The molecule has 3 heterocycles. The second kappa shape index (κ2) is 10.2. The van der Waals surface area contributed by atoms with E-state index in [1.165, 1.54) is 21.9 Å². The van der Waals surface area contributed by atoms with E-state index in [1.54, 1.807) is 7.11 Å². The third-order valence-electron chi connectivity index (χ3n) is 5.85. The predicted molar refractivity (Wildman–Crippen MR) is 133 cm³/mol. The van der Waals surface area contributed by atoms with E-state index in [2.05, 4.69) is 15.0 Å². The van der Waals surface area contributed by atoms with Gasteiger partial charge in [0.2, 0.25) is 4.96 Å². The summed E-state index contributed by atoms with van der Waals surface area (Å²) in [7, 11) is 1.61. The van der Waals surface area contributed by atoms with Crippen LogP contribution in [-0.2, 0) is 11.3 Å². The minimum atomic E-state index is -0.214. The minimum Gasteiger partial charge on any atom is -0.496 e. The van der Waals surface area contributed by atoms with Crippen molar-refractivity contribution >= 4 is 22.2 Å². The summed E-state index contributed by atoms with van der Waals surface area (Å²) in [5.74, 6) is 1.35. The molecule has 1 saturated heterocycles. The molecule has 0 saturated carbocycles. The van der Waals surface area contributed by atoms with Gasteiger partial charge in [-0.25, -0.2) is 4.98 Å². The van der Waals surface area contributed by atoms with Crippen molar-refractivity contribution in [2.75, 3.05) is 39.9 Å². The number of hydrogen-bond donors (Lipinski definition) is 0. The van der Waals surface area contributed by atoms with Crippen LogP contribution < -0.4 is 15.0 Å². The molecule has 180 valence electrons. The number of hydrogen-bond acceptors (Lipinski definition) is 8. The van der Waals surface area contributed by atoms with Crippen molar-refractivity contribution in [3.8, 4) is 22.1 Å². The highest BCUT2D eigenvalue weighted by atomic mass is 32.1. The first-order valence-electron chi connectivity index (χ1n) is 11.3. The number of fused-ring (bicyclic) bond motifs is 1. The highest BCUT2D eigenvalue weighted by Crippen LogP contribution is 2.32. The number of methoxy groups -OCH3 is 1. The van der Waals surface area contributed by atoms with E-state index in [1.807, 2.05) is 59.5 Å². The van der Waals surface area contributed by atoms with Gasteiger partial charge in [-0.15, -0.1) is 0 Å². The average molecular weight is 492 g/mol. The van der Waals surface area contributed by atoms with Crippen molar-refractivity contribution in [1.29, 1.82) is 0 Å². The van der Waals surface area contributed by atoms with Gasteiger partial charge in [-0.2, -0.15) is 9.61 Å². The number of amides is 1. The second-order valence-corrected chi connectivity index (χ2v) is 9.10. The number of ether oxygens (including phenoxy) is 2. The number of carbonyl (C=O) groups is 1. The van der Waals surface area contributed by atoms with Crippen LogP contribution in [0.1, 0.15) is 5.69 Å². The van der Waals surface area contributed by atoms with E-state index in [0.29, 0.717) is 59.9 Å². The van der Waals surface area contributed by atoms with Gasteiger partial charge in [0.25, 0.3) is 11.5 Å². The average Bonchev–Trinajstić information content (AvgIpc) is 3.33. The molecule has 1 aliphatic rings. The van der Waals surface area contributed by atoms with Crippen LogP contribution >= 0.6 is 11.3 Å². The van der Waals surface area contributed by atoms with Crippen LogP contribution in [-0.4, -0.2) is 70.2 Å². The minimum absolute atomic E-state index is 0.0267. The number of nitrogens with zero attached hydrogens (tertiary/aromatic N) is 5. The maximum atomic E-state index is 12.7. The van der Waals surface area contributed by atoms with Gasteiger partial charge in [-0.1, -0.05) is 41.7 Å². The third-order valence-corrected chi connectivity index (χ3v) is 6.79. The first kappa shape index (κ1) is 23.0. The molecule has 0 N–H and O–H groups in total. The molecule has 1 fully saturated rings. The molecular weight excluding hydrogens is 466 g/mol. The van der Waals surface area contributed by atoms with Crippen LogP contribution in [0.15, 0.2) is 65.5 Å². The first-order chi connectivity index (χ1) is 17.1. The fraction of sp³-hybridized carbons (Fsp3) is 0.280. The molecule has 2 aromatic carbocycles. The maximum Gasteiger partial charge on any atom is 0.275 e. The summed E-state index contributed by atoms with van der Waals surface area (Å²) in [5, 5.41) is 5.13. The fourth-order valence-electron chi connectivity index (χ4n) is 4.00. The number of para-hydroxylation sites is 2. The molecule has 0 radical (unpaired) electrons. The van der Waals surface area contributed by atoms with Crippen molar-refractivity contribution in [2.24, 2.45) is 0 Å². The molecule has 5 rings (SSSR count). The largest absolute Gasteiger partial charge is 0.496 e. The number of aromatic nitrogens is 3. The summed E-state index contributed by atoms with van der Waals surface area (Å²) in [6.45, 7) is 3.18. The van der Waals surface area contributed by atoms with Gasteiger partial charge in [-0.3, -0.25) is 14.5 Å². The standard InChI is InChI=1S/C25H25N5O4S/c1-33-21-10-6-5-9-20(21)24-27-30-22(31)15-18(26-25(30)35-24)16-28-11-13-29(14-12-28)23(32)17-34-19-7-3-2-4-8-19/h2-10,15H,11-14,16-17H2,1H3. The Hall–Kier alpha value is -3.76. The van der Waals surface area contributed by atoms with E-state index in [9.17, 15) is 9.59 Å². The summed E-state index contributed by atoms with van der Waals surface area (Å²) in [4.78, 5) is 34.5. The van der Waals surface area contributed by atoms with Crippen LogP contribution in [0.3, 0.4) is 0 Å². The molecule has 10 heteroatoms. The zero-order valence-electron chi connectivity index (χ0n) is 19.3. The molecule has 0 spiro atoms. The Balaban J connectivity index is 1.22. The first-order valence-corrected chi connectivity index (χ1v) is 12.1. The molecule has 0 bridgehead atoms. The summed E-state index contributed by atoms with van der Waals surface area (Å²) in [6.07, 6.45) is 0. The molecule has 35 heavy (non-hydrogen) atoms. The number of piperazine rings is 1. The molecule has 2 aromatic heterocycles. The zero-order valence-corrected chi connectivity index (χ0v) is 20.1. The lowest BCUT2D eigenvalue weighted by molar-refractivity contribution is -0.135. The van der Waals surface area contributed by atoms with Crippen molar-refractivity contribution in [2.45, 2.75) is 6.54 Å². The van der Waals surface area contributed by atoms with Crippen molar-refractivity contribution in [3.63, 3.8) is 0 Å². The lowest BCUT2D eigenvalue weighted by atomic mass is 10.2. The van der Waals surface area contributed by atoms with Crippen LogP contribution in [0, 0.1) is 0 Å². The molecular formula is C25H25N5O4S. The van der Waals surface area contributed by atoms with E-state index >= 15 is 0 Å². The molecule has 0 atom stereocenters. The van der Waals surface area contributed by atoms with Crippen LogP contribution in [0.4, 0.5) is 0 Å². The van der Waals surface area contributed by atoms with Crippen molar-refractivity contribution in [1.82, 2.24) is 24.4 Å². The number of carbonyl (C=O) groups excluding carboxylic acids is 1. The normalized spacial score (nSPS) is 14.3. The Bertz CT molecular complexity index is 1380. The summed E-state index contributed by atoms with van der Waals surface area (Å²) >= 11 is 1.35. The van der Waals surface area contributed by atoms with Gasteiger partial charge in [0, 0.05) is 38.8 Å². The van der Waals surface area contributed by atoms with E-state index in [0.717, 1.165) is 5.56 Å². The number of benzene rings is 2. The Labute approximate surface area is 206 Å². The van der Waals surface area contributed by atoms with Gasteiger partial charge >= 0.3 is 0 Å². The molecule has 9 nitrogen and oxygen atoms in total. The fourth-order valence-corrected chi connectivity index (χ4v) is 4.96. The van der Waals surface area contributed by atoms with Crippen molar-refractivity contribution < 1.29 is 14.3 Å². The molecule has 1 amide bonds. The number of rotatable bonds is 7. The van der Waals surface area contributed by atoms with Crippen LogP contribution in [0.25, 0.3) is 15.5 Å². The van der Waals surface area contributed by atoms with Gasteiger partial charge in [0.15, 0.2) is 11.6 Å². The Morgan fingerprint density at radius 2 is 1.77 bits per heavy atom. The third kappa shape index (κ3) is 5.18. The quantitative estimate of drug-likeness (QED) is 0.393. The van der Waals surface area contributed by atoms with Gasteiger partial charge < -0.3 is 14.4 Å². The van der Waals surface area contributed by atoms with Gasteiger partial charge in [0.05, 0.1) is 18.4 Å². The Morgan fingerprint density at radius 3 is 2.54 bits per heavy atom. The van der Waals surface area contributed by atoms with E-state index in [-0.39, 0.29) is 18.1 Å². The Kier molecular flexibility index (Phi) is 6.73.